The van der Waals surface area contributed by atoms with Crippen LogP contribution < -0.4 is 5.32 Å². The molecule has 0 atom stereocenters. The number of hydrogen-bond donors (Lipinski definition) is 1. The molecule has 0 amide bonds. The van der Waals surface area contributed by atoms with Gasteiger partial charge in [-0.3, -0.25) is 0 Å². The smallest absolute Gasteiger partial charge is 0.0474 e. The first-order valence-electron chi connectivity index (χ1n) is 5.82. The summed E-state index contributed by atoms with van der Waals surface area (Å²) >= 11 is 0. The molecular weight excluding hydrogens is 186 g/mol. The van der Waals surface area contributed by atoms with Gasteiger partial charge in [-0.2, -0.15) is 0 Å². The van der Waals surface area contributed by atoms with E-state index in [0.29, 0.717) is 5.41 Å². The van der Waals surface area contributed by atoms with Gasteiger partial charge < -0.3 is 10.1 Å². The van der Waals surface area contributed by atoms with Gasteiger partial charge in [-0.15, -0.1) is 0 Å². The molecule has 1 spiro atoms. The van der Waals surface area contributed by atoms with E-state index in [4.69, 9.17) is 4.74 Å². The molecule has 1 aromatic rings. The number of rotatable bonds is 0. The van der Waals surface area contributed by atoms with Crippen molar-refractivity contribution in [2.75, 3.05) is 25.1 Å². The predicted molar refractivity (Wildman–Crippen MR) is 61.3 cm³/mol. The topological polar surface area (TPSA) is 21.3 Å². The molecule has 2 aliphatic heterocycles. The molecule has 0 aromatic heterocycles. The van der Waals surface area contributed by atoms with Crippen LogP contribution in [0.1, 0.15) is 24.8 Å². The summed E-state index contributed by atoms with van der Waals surface area (Å²) in [5.74, 6) is 0. The molecule has 1 aromatic carbocycles. The molecule has 80 valence electrons. The van der Waals surface area contributed by atoms with Crippen molar-refractivity contribution < 1.29 is 4.74 Å². The quantitative estimate of drug-likeness (QED) is 0.699. The molecule has 1 saturated heterocycles. The summed E-state index contributed by atoms with van der Waals surface area (Å²) in [6, 6.07) is 8.76. The van der Waals surface area contributed by atoms with Gasteiger partial charge in [0.15, 0.2) is 0 Å². The minimum absolute atomic E-state index is 0.403. The Balaban J connectivity index is 2.04. The van der Waals surface area contributed by atoms with Gasteiger partial charge >= 0.3 is 0 Å². The Hall–Kier alpha value is -1.02. The van der Waals surface area contributed by atoms with Crippen molar-refractivity contribution in [1.29, 1.82) is 0 Å². The van der Waals surface area contributed by atoms with Gasteiger partial charge in [0, 0.05) is 30.9 Å². The summed E-state index contributed by atoms with van der Waals surface area (Å²) in [5, 5.41) is 3.49. The first-order chi connectivity index (χ1) is 7.41. The van der Waals surface area contributed by atoms with Gasteiger partial charge in [-0.05, 0) is 30.9 Å². The standard InChI is InChI=1S/C13H17NO/c1-2-4-12-11(3-1)13(5-8-14-12)6-9-15-10-7-13/h1-4,14H,5-10H2. The minimum Gasteiger partial charge on any atom is -0.385 e. The predicted octanol–water partition coefficient (Wildman–Crippen LogP) is 2.55. The molecule has 15 heavy (non-hydrogen) atoms. The first kappa shape index (κ1) is 9.22. The van der Waals surface area contributed by atoms with E-state index >= 15 is 0 Å². The van der Waals surface area contributed by atoms with Crippen LogP contribution in [0.4, 0.5) is 5.69 Å². The summed E-state index contributed by atoms with van der Waals surface area (Å²) in [4.78, 5) is 0. The van der Waals surface area contributed by atoms with Crippen LogP contribution in [-0.2, 0) is 10.2 Å². The van der Waals surface area contributed by atoms with Crippen molar-refractivity contribution in [2.45, 2.75) is 24.7 Å². The number of hydrogen-bond acceptors (Lipinski definition) is 2. The van der Waals surface area contributed by atoms with Crippen molar-refractivity contribution in [3.8, 4) is 0 Å². The molecule has 1 fully saturated rings. The number of nitrogens with one attached hydrogen (secondary N) is 1. The third-order valence-corrected chi connectivity index (χ3v) is 3.87. The van der Waals surface area contributed by atoms with Gasteiger partial charge in [-0.25, -0.2) is 0 Å². The van der Waals surface area contributed by atoms with Gasteiger partial charge in [0.2, 0.25) is 0 Å². The lowest BCUT2D eigenvalue weighted by Gasteiger charge is -2.42. The zero-order valence-corrected chi connectivity index (χ0v) is 8.96. The fourth-order valence-corrected chi connectivity index (χ4v) is 2.95. The van der Waals surface area contributed by atoms with E-state index in [9.17, 15) is 0 Å². The van der Waals surface area contributed by atoms with Crippen LogP contribution >= 0.6 is 0 Å². The third kappa shape index (κ3) is 1.44. The van der Waals surface area contributed by atoms with Crippen LogP contribution in [0, 0.1) is 0 Å². The second kappa shape index (κ2) is 3.53. The Kier molecular flexibility index (Phi) is 2.17. The average Bonchev–Trinajstić information content (AvgIpc) is 2.31. The summed E-state index contributed by atoms with van der Waals surface area (Å²) in [7, 11) is 0. The number of ether oxygens (including phenoxy) is 1. The lowest BCUT2D eigenvalue weighted by molar-refractivity contribution is 0.0471. The van der Waals surface area contributed by atoms with Crippen molar-refractivity contribution in [3.63, 3.8) is 0 Å². The van der Waals surface area contributed by atoms with Gasteiger partial charge in [0.1, 0.15) is 0 Å². The monoisotopic (exact) mass is 203 g/mol. The average molecular weight is 203 g/mol. The molecule has 2 nitrogen and oxygen atoms in total. The molecule has 0 aliphatic carbocycles. The minimum atomic E-state index is 0.403. The summed E-state index contributed by atoms with van der Waals surface area (Å²) in [6.07, 6.45) is 3.63. The third-order valence-electron chi connectivity index (χ3n) is 3.87. The van der Waals surface area contributed by atoms with E-state index in [1.165, 1.54) is 30.5 Å². The van der Waals surface area contributed by atoms with Crippen molar-refractivity contribution in [3.05, 3.63) is 29.8 Å². The molecular formula is C13H17NO. The number of para-hydroxylation sites is 1. The fraction of sp³-hybridized carbons (Fsp3) is 0.538. The van der Waals surface area contributed by atoms with Crippen LogP contribution in [0.3, 0.4) is 0 Å². The van der Waals surface area contributed by atoms with E-state index in [1.807, 2.05) is 0 Å². The first-order valence-corrected chi connectivity index (χ1v) is 5.82. The molecule has 0 radical (unpaired) electrons. The molecule has 3 rings (SSSR count). The van der Waals surface area contributed by atoms with Gasteiger partial charge in [-0.1, -0.05) is 18.2 Å². The van der Waals surface area contributed by atoms with Crippen LogP contribution in [0.5, 0.6) is 0 Å². The van der Waals surface area contributed by atoms with Crippen LogP contribution in [0.25, 0.3) is 0 Å². The normalized spacial score (nSPS) is 23.2. The maximum atomic E-state index is 5.49. The zero-order chi connectivity index (χ0) is 10.1. The lowest BCUT2D eigenvalue weighted by Crippen LogP contribution is -2.39. The molecule has 2 heterocycles. The maximum Gasteiger partial charge on any atom is 0.0474 e. The molecule has 2 heteroatoms. The van der Waals surface area contributed by atoms with E-state index in [1.54, 1.807) is 0 Å². The van der Waals surface area contributed by atoms with Gasteiger partial charge in [0.05, 0.1) is 0 Å². The molecule has 2 aliphatic rings. The zero-order valence-electron chi connectivity index (χ0n) is 8.96. The van der Waals surface area contributed by atoms with Gasteiger partial charge in [0.25, 0.3) is 0 Å². The van der Waals surface area contributed by atoms with Crippen molar-refractivity contribution >= 4 is 5.69 Å². The Labute approximate surface area is 90.6 Å². The van der Waals surface area contributed by atoms with E-state index < -0.39 is 0 Å². The summed E-state index contributed by atoms with van der Waals surface area (Å²) < 4.78 is 5.49. The molecule has 0 unspecified atom stereocenters. The van der Waals surface area contributed by atoms with E-state index in [2.05, 4.69) is 29.6 Å². The Bertz CT molecular complexity index is 355. The Morgan fingerprint density at radius 2 is 1.87 bits per heavy atom. The fourth-order valence-electron chi connectivity index (χ4n) is 2.95. The largest absolute Gasteiger partial charge is 0.385 e. The highest BCUT2D eigenvalue weighted by Crippen LogP contribution is 2.43. The number of fused-ring (bicyclic) bond motifs is 2. The van der Waals surface area contributed by atoms with Crippen molar-refractivity contribution in [1.82, 2.24) is 0 Å². The Morgan fingerprint density at radius 3 is 2.73 bits per heavy atom. The SMILES string of the molecule is c1ccc2c(c1)NCCC21CCOCC1. The van der Waals surface area contributed by atoms with E-state index in [-0.39, 0.29) is 0 Å². The molecule has 0 saturated carbocycles. The van der Waals surface area contributed by atoms with Crippen LogP contribution in [0.2, 0.25) is 0 Å². The Morgan fingerprint density at radius 1 is 1.07 bits per heavy atom. The number of anilines is 1. The summed E-state index contributed by atoms with van der Waals surface area (Å²) in [6.45, 7) is 2.96. The molecule has 1 N–H and O–H groups in total. The summed E-state index contributed by atoms with van der Waals surface area (Å²) in [5.41, 5.74) is 3.25. The maximum absolute atomic E-state index is 5.49. The highest BCUT2D eigenvalue weighted by molar-refractivity contribution is 5.57. The van der Waals surface area contributed by atoms with Crippen LogP contribution in [0.15, 0.2) is 24.3 Å². The number of benzene rings is 1. The second-order valence-corrected chi connectivity index (χ2v) is 4.62. The second-order valence-electron chi connectivity index (χ2n) is 4.62. The van der Waals surface area contributed by atoms with E-state index in [0.717, 1.165) is 19.8 Å². The molecule has 0 bridgehead atoms. The van der Waals surface area contributed by atoms with Crippen LogP contribution in [-0.4, -0.2) is 19.8 Å². The van der Waals surface area contributed by atoms with Crippen molar-refractivity contribution in [2.24, 2.45) is 0 Å². The lowest BCUT2D eigenvalue weighted by atomic mass is 9.69. The highest BCUT2D eigenvalue weighted by atomic mass is 16.5. The highest BCUT2D eigenvalue weighted by Gasteiger charge is 2.37.